The quantitative estimate of drug-likeness (QED) is 0.783. The first kappa shape index (κ1) is 9.01. The van der Waals surface area contributed by atoms with Crippen LogP contribution in [0.15, 0.2) is 24.8 Å². The molecule has 0 aromatic carbocycles. The highest BCUT2D eigenvalue weighted by atomic mass is 19.3. The molecule has 1 atom stereocenters. The molecule has 74 valence electrons. The molecule has 0 bridgehead atoms. The van der Waals surface area contributed by atoms with Crippen LogP contribution in [0.2, 0.25) is 0 Å². The molecule has 6 heteroatoms. The van der Waals surface area contributed by atoms with Gasteiger partial charge >= 0.3 is 0 Å². The number of nitrogens with two attached hydrogens (primary N) is 1. The third-order valence-corrected chi connectivity index (χ3v) is 1.96. The molecule has 0 aliphatic rings. The van der Waals surface area contributed by atoms with Gasteiger partial charge in [-0.3, -0.25) is 9.38 Å². The Bertz CT molecular complexity index is 440. The molecule has 0 aliphatic carbocycles. The summed E-state index contributed by atoms with van der Waals surface area (Å²) in [6, 6.07) is -1.31. The van der Waals surface area contributed by atoms with Crippen molar-refractivity contribution in [2.24, 2.45) is 5.73 Å². The second-order valence-corrected chi connectivity index (χ2v) is 2.85. The maximum absolute atomic E-state index is 12.3. The van der Waals surface area contributed by atoms with Crippen LogP contribution in [0.3, 0.4) is 0 Å². The highest BCUT2D eigenvalue weighted by Gasteiger charge is 2.20. The lowest BCUT2D eigenvalue weighted by Gasteiger charge is -2.09. The minimum absolute atomic E-state index is 0.289. The van der Waals surface area contributed by atoms with E-state index in [4.69, 9.17) is 5.73 Å². The Morgan fingerprint density at radius 1 is 1.36 bits per heavy atom. The van der Waals surface area contributed by atoms with E-state index in [-0.39, 0.29) is 5.69 Å². The maximum Gasteiger partial charge on any atom is 0.259 e. The first-order chi connectivity index (χ1) is 6.70. The molecular weight excluding hydrogens is 190 g/mol. The Morgan fingerprint density at radius 3 is 2.86 bits per heavy atom. The van der Waals surface area contributed by atoms with Gasteiger partial charge in [0.05, 0.1) is 18.1 Å². The van der Waals surface area contributed by atoms with E-state index in [1.165, 1.54) is 23.0 Å². The van der Waals surface area contributed by atoms with Crippen molar-refractivity contribution in [3.05, 3.63) is 30.5 Å². The van der Waals surface area contributed by atoms with Gasteiger partial charge < -0.3 is 5.73 Å². The second kappa shape index (κ2) is 3.30. The Kier molecular flexibility index (Phi) is 2.12. The molecule has 0 saturated carbocycles. The van der Waals surface area contributed by atoms with Crippen LogP contribution in [0.25, 0.3) is 5.65 Å². The molecule has 2 heterocycles. The van der Waals surface area contributed by atoms with E-state index in [0.717, 1.165) is 0 Å². The minimum atomic E-state index is -2.59. The van der Waals surface area contributed by atoms with E-state index < -0.39 is 12.5 Å². The molecule has 0 saturated heterocycles. The predicted molar refractivity (Wildman–Crippen MR) is 45.9 cm³/mol. The molecule has 0 fully saturated rings. The van der Waals surface area contributed by atoms with E-state index in [0.29, 0.717) is 5.65 Å². The fourth-order valence-electron chi connectivity index (χ4n) is 1.24. The Labute approximate surface area is 78.4 Å². The first-order valence-electron chi connectivity index (χ1n) is 4.01. The van der Waals surface area contributed by atoms with Crippen LogP contribution in [-0.2, 0) is 0 Å². The van der Waals surface area contributed by atoms with E-state index in [1.54, 1.807) is 6.20 Å². The number of aromatic nitrogens is 3. The summed E-state index contributed by atoms with van der Waals surface area (Å²) >= 11 is 0. The van der Waals surface area contributed by atoms with Gasteiger partial charge in [-0.1, -0.05) is 0 Å². The fourth-order valence-corrected chi connectivity index (χ4v) is 1.24. The van der Waals surface area contributed by atoms with Crippen molar-refractivity contribution < 1.29 is 8.78 Å². The number of nitrogens with zero attached hydrogens (tertiary/aromatic N) is 3. The van der Waals surface area contributed by atoms with Crippen molar-refractivity contribution >= 4 is 5.65 Å². The van der Waals surface area contributed by atoms with Gasteiger partial charge in [0.25, 0.3) is 6.43 Å². The zero-order valence-corrected chi connectivity index (χ0v) is 7.14. The van der Waals surface area contributed by atoms with Gasteiger partial charge in [0, 0.05) is 12.4 Å². The Balaban J connectivity index is 2.53. The number of fused-ring (bicyclic) bond motifs is 1. The van der Waals surface area contributed by atoms with E-state index in [2.05, 4.69) is 9.97 Å². The van der Waals surface area contributed by atoms with E-state index in [9.17, 15) is 8.78 Å². The van der Waals surface area contributed by atoms with Crippen LogP contribution in [0.1, 0.15) is 11.7 Å². The number of hydrogen-bond donors (Lipinski definition) is 1. The van der Waals surface area contributed by atoms with Crippen LogP contribution < -0.4 is 5.73 Å². The van der Waals surface area contributed by atoms with Gasteiger partial charge in [-0.25, -0.2) is 13.8 Å². The summed E-state index contributed by atoms with van der Waals surface area (Å²) in [5.74, 6) is 0. The molecule has 2 aromatic heterocycles. The van der Waals surface area contributed by atoms with Crippen LogP contribution in [0.5, 0.6) is 0 Å². The summed E-state index contributed by atoms with van der Waals surface area (Å²) < 4.78 is 26.2. The molecule has 2 N–H and O–H groups in total. The predicted octanol–water partition coefficient (Wildman–Crippen LogP) is 0.994. The third-order valence-electron chi connectivity index (χ3n) is 1.96. The van der Waals surface area contributed by atoms with Crippen molar-refractivity contribution in [3.8, 4) is 0 Å². The van der Waals surface area contributed by atoms with Gasteiger partial charge in [-0.05, 0) is 0 Å². The topological polar surface area (TPSA) is 56.2 Å². The number of hydrogen-bond acceptors (Lipinski definition) is 3. The Hall–Kier alpha value is -1.56. The Morgan fingerprint density at radius 2 is 2.14 bits per heavy atom. The monoisotopic (exact) mass is 198 g/mol. The summed E-state index contributed by atoms with van der Waals surface area (Å²) in [7, 11) is 0. The highest BCUT2D eigenvalue weighted by Crippen LogP contribution is 2.18. The first-order valence-corrected chi connectivity index (χ1v) is 4.01. The molecule has 2 aromatic rings. The minimum Gasteiger partial charge on any atom is -0.318 e. The fraction of sp³-hybridized carbons (Fsp3) is 0.250. The van der Waals surface area contributed by atoms with Crippen molar-refractivity contribution in [2.45, 2.75) is 12.5 Å². The van der Waals surface area contributed by atoms with Crippen molar-refractivity contribution in [1.29, 1.82) is 0 Å². The summed E-state index contributed by atoms with van der Waals surface area (Å²) in [5, 5.41) is 0. The summed E-state index contributed by atoms with van der Waals surface area (Å²) in [5.41, 5.74) is 6.12. The van der Waals surface area contributed by atoms with Gasteiger partial charge in [-0.2, -0.15) is 0 Å². The molecule has 0 radical (unpaired) electrons. The summed E-state index contributed by atoms with van der Waals surface area (Å²) in [6.07, 6.45) is 3.29. The normalized spacial score (nSPS) is 13.7. The lowest BCUT2D eigenvalue weighted by atomic mass is 10.2. The zero-order valence-electron chi connectivity index (χ0n) is 7.14. The average molecular weight is 198 g/mol. The number of imidazole rings is 1. The van der Waals surface area contributed by atoms with Crippen molar-refractivity contribution in [1.82, 2.24) is 14.4 Å². The molecule has 0 spiro atoms. The largest absolute Gasteiger partial charge is 0.318 e. The number of alkyl halides is 2. The lowest BCUT2D eigenvalue weighted by Crippen LogP contribution is -2.20. The van der Waals surface area contributed by atoms with Gasteiger partial charge in [-0.15, -0.1) is 0 Å². The summed E-state index contributed by atoms with van der Waals surface area (Å²) in [6.45, 7) is 0. The third kappa shape index (κ3) is 1.33. The average Bonchev–Trinajstić information content (AvgIpc) is 2.60. The van der Waals surface area contributed by atoms with Crippen LogP contribution in [-0.4, -0.2) is 20.8 Å². The molecule has 2 rings (SSSR count). The van der Waals surface area contributed by atoms with Gasteiger partial charge in [0.2, 0.25) is 0 Å². The van der Waals surface area contributed by atoms with Crippen LogP contribution >= 0.6 is 0 Å². The smallest absolute Gasteiger partial charge is 0.259 e. The summed E-state index contributed by atoms with van der Waals surface area (Å²) in [4.78, 5) is 7.73. The molecular formula is C8H8F2N4. The molecule has 14 heavy (non-hydrogen) atoms. The molecule has 0 amide bonds. The lowest BCUT2D eigenvalue weighted by molar-refractivity contribution is 0.114. The number of halogens is 2. The van der Waals surface area contributed by atoms with Crippen LogP contribution in [0, 0.1) is 0 Å². The van der Waals surface area contributed by atoms with E-state index >= 15 is 0 Å². The van der Waals surface area contributed by atoms with Gasteiger partial charge in [0.1, 0.15) is 6.04 Å². The van der Waals surface area contributed by atoms with Crippen molar-refractivity contribution in [2.75, 3.05) is 0 Å². The standard InChI is InChI=1S/C8H8F2N4/c9-8(10)7(11)5-3-13-6-4-12-1-2-14(5)6/h1-4,7-8H,11H2. The van der Waals surface area contributed by atoms with Gasteiger partial charge in [0.15, 0.2) is 5.65 Å². The zero-order chi connectivity index (χ0) is 10.1. The SMILES string of the molecule is NC(c1cnc2cnccn12)C(F)F. The molecule has 4 nitrogen and oxygen atoms in total. The highest BCUT2D eigenvalue weighted by molar-refractivity contribution is 5.37. The van der Waals surface area contributed by atoms with E-state index in [1.807, 2.05) is 0 Å². The second-order valence-electron chi connectivity index (χ2n) is 2.85. The molecule has 0 aliphatic heterocycles. The van der Waals surface area contributed by atoms with Crippen molar-refractivity contribution in [3.63, 3.8) is 0 Å². The molecule has 1 unspecified atom stereocenters. The maximum atomic E-state index is 12.3. The number of rotatable bonds is 2. The van der Waals surface area contributed by atoms with Crippen LogP contribution in [0.4, 0.5) is 8.78 Å².